The topological polar surface area (TPSA) is 59.5 Å². The molecule has 0 amide bonds. The lowest BCUT2D eigenvalue weighted by molar-refractivity contribution is 0.217. The van der Waals surface area contributed by atoms with Crippen molar-refractivity contribution in [2.75, 3.05) is 13.1 Å². The van der Waals surface area contributed by atoms with E-state index in [1.54, 1.807) is 20.0 Å². The van der Waals surface area contributed by atoms with Crippen molar-refractivity contribution in [2.24, 2.45) is 0 Å². The van der Waals surface area contributed by atoms with Gasteiger partial charge < -0.3 is 4.74 Å². The highest BCUT2D eigenvalue weighted by Crippen LogP contribution is 2.27. The Hall–Kier alpha value is -1.66. The largest absolute Gasteiger partial charge is 0.487 e. The maximum absolute atomic E-state index is 12.2. The Morgan fingerprint density at radius 1 is 1.27 bits per heavy atom. The normalized spacial score (nSPS) is 19.9. The number of aromatic nitrogens is 1. The molecule has 3 rings (SSSR count). The Balaban J connectivity index is 1.78. The van der Waals surface area contributed by atoms with E-state index in [2.05, 4.69) is 4.98 Å². The van der Waals surface area contributed by atoms with Gasteiger partial charge in [0.25, 0.3) is 0 Å². The smallest absolute Gasteiger partial charge is 0.216 e. The maximum atomic E-state index is 12.2. The fourth-order valence-corrected chi connectivity index (χ4v) is 4.00. The van der Waals surface area contributed by atoms with E-state index in [1.165, 1.54) is 4.31 Å². The van der Waals surface area contributed by atoms with Gasteiger partial charge in [0.1, 0.15) is 17.4 Å². The summed E-state index contributed by atoms with van der Waals surface area (Å²) in [5.74, 6) is 0.715. The second-order valence-electron chi connectivity index (χ2n) is 5.81. The van der Waals surface area contributed by atoms with Crippen LogP contribution in [0.2, 0.25) is 0 Å². The van der Waals surface area contributed by atoms with E-state index < -0.39 is 15.3 Å². The summed E-state index contributed by atoms with van der Waals surface area (Å²) in [6.45, 7) is 4.34. The number of pyridine rings is 1. The van der Waals surface area contributed by atoms with Gasteiger partial charge in [0, 0.05) is 18.1 Å². The van der Waals surface area contributed by atoms with Crippen LogP contribution >= 0.6 is 0 Å². The van der Waals surface area contributed by atoms with Crippen LogP contribution in [0.5, 0.6) is 5.75 Å². The van der Waals surface area contributed by atoms with Gasteiger partial charge in [-0.1, -0.05) is 18.2 Å². The molecule has 1 aromatic carbocycles. The van der Waals surface area contributed by atoms with Crippen molar-refractivity contribution in [2.45, 2.75) is 31.6 Å². The summed E-state index contributed by atoms with van der Waals surface area (Å²) in [6.07, 6.45) is 2.32. The summed E-state index contributed by atoms with van der Waals surface area (Å²) in [7, 11) is -3.21. The van der Waals surface area contributed by atoms with Crippen LogP contribution in [0.1, 0.15) is 20.3 Å². The average molecular weight is 320 g/mol. The van der Waals surface area contributed by atoms with Gasteiger partial charge in [0.15, 0.2) is 0 Å². The molecule has 0 radical (unpaired) electrons. The van der Waals surface area contributed by atoms with Crippen molar-refractivity contribution in [3.8, 4) is 5.75 Å². The molecule has 1 atom stereocenters. The van der Waals surface area contributed by atoms with Crippen molar-refractivity contribution in [3.63, 3.8) is 0 Å². The fraction of sp³-hybridized carbons (Fsp3) is 0.438. The van der Waals surface area contributed by atoms with Crippen LogP contribution in [0.15, 0.2) is 36.5 Å². The summed E-state index contributed by atoms with van der Waals surface area (Å²) in [5, 5.41) is 0.620. The quantitative estimate of drug-likeness (QED) is 0.868. The highest BCUT2D eigenvalue weighted by Gasteiger charge is 2.34. The molecule has 1 aliphatic heterocycles. The monoisotopic (exact) mass is 320 g/mol. The Morgan fingerprint density at radius 3 is 2.82 bits per heavy atom. The van der Waals surface area contributed by atoms with Gasteiger partial charge in [-0.3, -0.25) is 4.98 Å². The second kappa shape index (κ2) is 5.85. The van der Waals surface area contributed by atoms with Crippen molar-refractivity contribution >= 4 is 20.9 Å². The zero-order valence-electron chi connectivity index (χ0n) is 12.8. The predicted molar refractivity (Wildman–Crippen MR) is 86.4 cm³/mol. The molecular weight excluding hydrogens is 300 g/mol. The zero-order valence-corrected chi connectivity index (χ0v) is 13.6. The highest BCUT2D eigenvalue weighted by atomic mass is 32.2. The molecule has 22 heavy (non-hydrogen) atoms. The van der Waals surface area contributed by atoms with Gasteiger partial charge in [-0.05, 0) is 32.4 Å². The van der Waals surface area contributed by atoms with E-state index in [0.717, 1.165) is 10.9 Å². The van der Waals surface area contributed by atoms with Crippen molar-refractivity contribution in [3.05, 3.63) is 36.5 Å². The maximum Gasteiger partial charge on any atom is 0.216 e. The van der Waals surface area contributed by atoms with Crippen LogP contribution in [0.25, 0.3) is 10.9 Å². The molecule has 2 heterocycles. The first-order chi connectivity index (χ1) is 10.5. The lowest BCUT2D eigenvalue weighted by atomic mass is 10.2. The number of fused-ring (bicyclic) bond motifs is 1. The summed E-state index contributed by atoms with van der Waals surface area (Å²) in [4.78, 5) is 4.36. The fourth-order valence-electron chi connectivity index (χ4n) is 2.67. The van der Waals surface area contributed by atoms with Crippen LogP contribution < -0.4 is 4.74 Å². The molecule has 0 N–H and O–H groups in total. The van der Waals surface area contributed by atoms with E-state index in [1.807, 2.05) is 30.3 Å². The van der Waals surface area contributed by atoms with E-state index in [4.69, 9.17) is 4.74 Å². The Kier molecular flexibility index (Phi) is 4.06. The standard InChI is InChI=1S/C16H20N2O3S/c1-12(2)22(19,20)18-10-8-14(11-18)21-15-7-3-5-13-6-4-9-17-16(13)15/h3-7,9,12,14H,8,10-11H2,1-2H3. The molecule has 1 unspecified atom stereocenters. The summed E-state index contributed by atoms with van der Waals surface area (Å²) < 4.78 is 32.0. The molecule has 0 spiro atoms. The van der Waals surface area contributed by atoms with E-state index in [0.29, 0.717) is 25.3 Å². The van der Waals surface area contributed by atoms with Crippen LogP contribution in [0.3, 0.4) is 0 Å². The number of hydrogen-bond donors (Lipinski definition) is 0. The second-order valence-corrected chi connectivity index (χ2v) is 8.30. The lowest BCUT2D eigenvalue weighted by Gasteiger charge is -2.19. The van der Waals surface area contributed by atoms with Gasteiger partial charge in [-0.25, -0.2) is 8.42 Å². The number of para-hydroxylation sites is 1. The van der Waals surface area contributed by atoms with Crippen LogP contribution in [-0.4, -0.2) is 42.2 Å². The van der Waals surface area contributed by atoms with Crippen LogP contribution in [0.4, 0.5) is 0 Å². The number of ether oxygens (including phenoxy) is 1. The molecule has 6 heteroatoms. The molecular formula is C16H20N2O3S. The van der Waals surface area contributed by atoms with Gasteiger partial charge in [0.2, 0.25) is 10.0 Å². The van der Waals surface area contributed by atoms with Gasteiger partial charge in [0.05, 0.1) is 11.8 Å². The minimum absolute atomic E-state index is 0.124. The van der Waals surface area contributed by atoms with Crippen molar-refractivity contribution in [1.29, 1.82) is 0 Å². The molecule has 1 aliphatic rings. The molecule has 0 aliphatic carbocycles. The Morgan fingerprint density at radius 2 is 2.05 bits per heavy atom. The zero-order chi connectivity index (χ0) is 15.7. The van der Waals surface area contributed by atoms with Crippen molar-refractivity contribution < 1.29 is 13.2 Å². The van der Waals surface area contributed by atoms with Gasteiger partial charge in [-0.2, -0.15) is 4.31 Å². The minimum Gasteiger partial charge on any atom is -0.487 e. The molecule has 1 saturated heterocycles. The van der Waals surface area contributed by atoms with Crippen LogP contribution in [0, 0.1) is 0 Å². The SMILES string of the molecule is CC(C)S(=O)(=O)N1CCC(Oc2cccc3cccnc23)C1. The first-order valence-corrected chi connectivity index (χ1v) is 8.98. The molecule has 1 aromatic heterocycles. The van der Waals surface area contributed by atoms with Gasteiger partial charge in [-0.15, -0.1) is 0 Å². The Labute approximate surface area is 131 Å². The third-order valence-corrected chi connectivity index (χ3v) is 6.20. The molecule has 0 bridgehead atoms. The number of hydrogen-bond acceptors (Lipinski definition) is 4. The summed E-state index contributed by atoms with van der Waals surface area (Å²) >= 11 is 0. The Bertz CT molecular complexity index is 769. The van der Waals surface area contributed by atoms with E-state index in [-0.39, 0.29) is 6.10 Å². The summed E-state index contributed by atoms with van der Waals surface area (Å²) in [5.41, 5.74) is 0.815. The third kappa shape index (κ3) is 2.80. The van der Waals surface area contributed by atoms with Crippen LogP contribution in [-0.2, 0) is 10.0 Å². The molecule has 5 nitrogen and oxygen atoms in total. The van der Waals surface area contributed by atoms with Gasteiger partial charge >= 0.3 is 0 Å². The number of rotatable bonds is 4. The number of nitrogens with zero attached hydrogens (tertiary/aromatic N) is 2. The number of sulfonamides is 1. The molecule has 2 aromatic rings. The van der Waals surface area contributed by atoms with E-state index in [9.17, 15) is 8.42 Å². The van der Waals surface area contributed by atoms with E-state index >= 15 is 0 Å². The highest BCUT2D eigenvalue weighted by molar-refractivity contribution is 7.89. The average Bonchev–Trinajstić information content (AvgIpc) is 2.97. The predicted octanol–water partition coefficient (Wildman–Crippen LogP) is 2.43. The molecule has 0 saturated carbocycles. The number of benzene rings is 1. The third-order valence-electron chi connectivity index (χ3n) is 3.95. The molecule has 1 fully saturated rings. The minimum atomic E-state index is -3.21. The first kappa shape index (κ1) is 15.2. The molecule has 118 valence electrons. The van der Waals surface area contributed by atoms with Crippen molar-refractivity contribution in [1.82, 2.24) is 9.29 Å². The summed E-state index contributed by atoms with van der Waals surface area (Å²) in [6, 6.07) is 9.67. The lowest BCUT2D eigenvalue weighted by Crippen LogP contribution is -2.35. The first-order valence-electron chi connectivity index (χ1n) is 7.48.